The minimum absolute atomic E-state index is 0.152. The van der Waals surface area contributed by atoms with Crippen LogP contribution in [0.2, 0.25) is 10.0 Å². The highest BCUT2D eigenvalue weighted by molar-refractivity contribution is 6.36. The van der Waals surface area contributed by atoms with Crippen molar-refractivity contribution in [3.63, 3.8) is 0 Å². The highest BCUT2D eigenvalue weighted by atomic mass is 35.5. The number of aromatic nitrogens is 2. The van der Waals surface area contributed by atoms with E-state index in [0.29, 0.717) is 39.6 Å². The maximum Gasteiger partial charge on any atom is 0.309 e. The molecule has 1 heterocycles. The third kappa shape index (κ3) is 5.06. The zero-order chi connectivity index (χ0) is 18.6. The largest absolute Gasteiger partial charge is 0.473 e. The lowest BCUT2D eigenvalue weighted by Gasteiger charge is -2.16. The number of rotatable bonds is 6. The van der Waals surface area contributed by atoms with Gasteiger partial charge in [0.2, 0.25) is 5.88 Å². The number of hydrogen-bond acceptors (Lipinski definition) is 5. The van der Waals surface area contributed by atoms with E-state index in [0.717, 1.165) is 5.56 Å². The maximum absolute atomic E-state index is 11.5. The van der Waals surface area contributed by atoms with Crippen LogP contribution in [0.5, 0.6) is 5.88 Å². The Hall–Kier alpha value is -1.85. The van der Waals surface area contributed by atoms with Crippen LogP contribution in [0.1, 0.15) is 31.7 Å². The molecule has 0 aliphatic carbocycles. The number of esters is 1. The van der Waals surface area contributed by atoms with Crippen LogP contribution in [0, 0.1) is 13.8 Å². The third-order valence-corrected chi connectivity index (χ3v) is 4.01. The highest BCUT2D eigenvalue weighted by Crippen LogP contribution is 2.32. The molecule has 5 nitrogen and oxygen atoms in total. The number of ether oxygens (including phenoxy) is 2. The SMILES string of the molecule is CCOC(=O)CC(C)Oc1nc(C)c(-c2ccc(Cl)cc2Cl)nc1C. The molecular weight excluding hydrogens is 363 g/mol. The normalized spacial score (nSPS) is 11.9. The van der Waals surface area contributed by atoms with Gasteiger partial charge in [-0.05, 0) is 45.9 Å². The van der Waals surface area contributed by atoms with Crippen molar-refractivity contribution in [3.05, 3.63) is 39.6 Å². The molecule has 1 unspecified atom stereocenters. The first-order chi connectivity index (χ1) is 11.8. The molecule has 0 fully saturated rings. The smallest absolute Gasteiger partial charge is 0.309 e. The van der Waals surface area contributed by atoms with E-state index in [1.54, 1.807) is 32.9 Å². The second-order valence-electron chi connectivity index (χ2n) is 5.61. The molecule has 134 valence electrons. The van der Waals surface area contributed by atoms with Gasteiger partial charge in [-0.2, -0.15) is 0 Å². The van der Waals surface area contributed by atoms with E-state index in [-0.39, 0.29) is 18.5 Å². The van der Waals surface area contributed by atoms with Crippen LogP contribution in [0.15, 0.2) is 18.2 Å². The monoisotopic (exact) mass is 382 g/mol. The van der Waals surface area contributed by atoms with Gasteiger partial charge in [0.1, 0.15) is 11.8 Å². The summed E-state index contributed by atoms with van der Waals surface area (Å²) in [6, 6.07) is 5.23. The lowest BCUT2D eigenvalue weighted by molar-refractivity contribution is -0.144. The minimum Gasteiger partial charge on any atom is -0.473 e. The van der Waals surface area contributed by atoms with Crippen molar-refractivity contribution >= 4 is 29.2 Å². The molecule has 0 aliphatic heterocycles. The van der Waals surface area contributed by atoms with Crippen LogP contribution < -0.4 is 4.74 Å². The van der Waals surface area contributed by atoms with Gasteiger partial charge in [-0.15, -0.1) is 0 Å². The fourth-order valence-electron chi connectivity index (χ4n) is 2.32. The number of nitrogens with zero attached hydrogens (tertiary/aromatic N) is 2. The predicted molar refractivity (Wildman–Crippen MR) is 98.3 cm³/mol. The summed E-state index contributed by atoms with van der Waals surface area (Å²) in [4.78, 5) is 20.6. The van der Waals surface area contributed by atoms with Crippen LogP contribution in [0.4, 0.5) is 0 Å². The fraction of sp³-hybridized carbons (Fsp3) is 0.389. The molecule has 0 saturated carbocycles. The van der Waals surface area contributed by atoms with E-state index in [1.807, 2.05) is 13.0 Å². The van der Waals surface area contributed by atoms with Crippen molar-refractivity contribution in [3.8, 4) is 17.1 Å². The van der Waals surface area contributed by atoms with E-state index in [1.165, 1.54) is 0 Å². The van der Waals surface area contributed by atoms with E-state index >= 15 is 0 Å². The molecular formula is C18H20Cl2N2O3. The molecule has 0 amide bonds. The van der Waals surface area contributed by atoms with Crippen molar-refractivity contribution < 1.29 is 14.3 Å². The van der Waals surface area contributed by atoms with Crippen molar-refractivity contribution in [2.45, 2.75) is 40.2 Å². The Labute approximate surface area is 157 Å². The molecule has 0 N–H and O–H groups in total. The van der Waals surface area contributed by atoms with Gasteiger partial charge in [-0.25, -0.2) is 9.97 Å². The lowest BCUT2D eigenvalue weighted by Crippen LogP contribution is -2.20. The fourth-order valence-corrected chi connectivity index (χ4v) is 2.82. The molecule has 0 aliphatic rings. The summed E-state index contributed by atoms with van der Waals surface area (Å²) in [7, 11) is 0. The summed E-state index contributed by atoms with van der Waals surface area (Å²) in [5, 5.41) is 1.07. The van der Waals surface area contributed by atoms with Crippen molar-refractivity contribution in [1.29, 1.82) is 0 Å². The summed E-state index contributed by atoms with van der Waals surface area (Å²) in [5.74, 6) is 0.0880. The van der Waals surface area contributed by atoms with Gasteiger partial charge in [0, 0.05) is 10.6 Å². The number of carbonyl (C=O) groups excluding carboxylic acids is 1. The molecule has 0 radical (unpaired) electrons. The molecule has 1 atom stereocenters. The molecule has 0 spiro atoms. The van der Waals surface area contributed by atoms with E-state index in [2.05, 4.69) is 9.97 Å². The summed E-state index contributed by atoms with van der Waals surface area (Å²) in [5.41, 5.74) is 2.71. The van der Waals surface area contributed by atoms with Gasteiger partial charge < -0.3 is 9.47 Å². The molecule has 0 bridgehead atoms. The zero-order valence-corrected chi connectivity index (χ0v) is 16.1. The van der Waals surface area contributed by atoms with Crippen molar-refractivity contribution in [2.75, 3.05) is 6.61 Å². The topological polar surface area (TPSA) is 61.3 Å². The van der Waals surface area contributed by atoms with Gasteiger partial charge >= 0.3 is 5.97 Å². The molecule has 7 heteroatoms. The summed E-state index contributed by atoms with van der Waals surface area (Å²) in [6.07, 6.45) is -0.213. The maximum atomic E-state index is 11.5. The predicted octanol–water partition coefficient (Wildman–Crippen LogP) is 4.79. The van der Waals surface area contributed by atoms with Crippen LogP contribution in [-0.2, 0) is 9.53 Å². The second-order valence-corrected chi connectivity index (χ2v) is 6.45. The van der Waals surface area contributed by atoms with Gasteiger partial charge in [0.15, 0.2) is 0 Å². The third-order valence-electron chi connectivity index (χ3n) is 3.46. The lowest BCUT2D eigenvalue weighted by atomic mass is 10.1. The molecule has 1 aromatic heterocycles. The Bertz CT molecular complexity index is 781. The van der Waals surface area contributed by atoms with Gasteiger partial charge in [0.05, 0.1) is 29.4 Å². The number of aryl methyl sites for hydroxylation is 2. The van der Waals surface area contributed by atoms with Crippen LogP contribution >= 0.6 is 23.2 Å². The van der Waals surface area contributed by atoms with Crippen LogP contribution in [-0.4, -0.2) is 28.6 Å². The Balaban J connectivity index is 2.23. The average Bonchev–Trinajstić information content (AvgIpc) is 2.51. The standard InChI is InChI=1S/C18H20Cl2N2O3/c1-5-24-16(23)8-10(2)25-18-12(4)21-17(11(3)22-18)14-7-6-13(19)9-15(14)20/h6-7,9-10H,5,8H2,1-4H3. The van der Waals surface area contributed by atoms with Gasteiger partial charge in [-0.1, -0.05) is 23.2 Å². The van der Waals surface area contributed by atoms with Crippen LogP contribution in [0.25, 0.3) is 11.3 Å². The number of hydrogen-bond donors (Lipinski definition) is 0. The Morgan fingerprint density at radius 1 is 1.20 bits per heavy atom. The molecule has 2 rings (SSSR count). The van der Waals surface area contributed by atoms with Crippen molar-refractivity contribution in [2.24, 2.45) is 0 Å². The molecule has 1 aromatic carbocycles. The second kappa shape index (κ2) is 8.50. The number of halogens is 2. The van der Waals surface area contributed by atoms with E-state index in [4.69, 9.17) is 32.7 Å². The van der Waals surface area contributed by atoms with Gasteiger partial charge in [-0.3, -0.25) is 4.79 Å². The van der Waals surface area contributed by atoms with Crippen molar-refractivity contribution in [1.82, 2.24) is 9.97 Å². The Morgan fingerprint density at radius 2 is 1.92 bits per heavy atom. The first-order valence-electron chi connectivity index (χ1n) is 7.94. The first-order valence-corrected chi connectivity index (χ1v) is 8.70. The molecule has 0 saturated heterocycles. The zero-order valence-electron chi connectivity index (χ0n) is 14.6. The Morgan fingerprint density at radius 3 is 2.56 bits per heavy atom. The minimum atomic E-state index is -0.364. The van der Waals surface area contributed by atoms with Crippen LogP contribution in [0.3, 0.4) is 0 Å². The summed E-state index contributed by atoms with van der Waals surface area (Å²) < 4.78 is 10.7. The quantitative estimate of drug-likeness (QED) is 0.672. The van der Waals surface area contributed by atoms with Gasteiger partial charge in [0.25, 0.3) is 0 Å². The summed E-state index contributed by atoms with van der Waals surface area (Å²) >= 11 is 12.2. The molecule has 2 aromatic rings. The number of carbonyl (C=O) groups is 1. The summed E-state index contributed by atoms with van der Waals surface area (Å²) in [6.45, 7) is 7.53. The molecule has 25 heavy (non-hydrogen) atoms. The Kier molecular flexibility index (Phi) is 6.62. The van der Waals surface area contributed by atoms with E-state index in [9.17, 15) is 4.79 Å². The highest BCUT2D eigenvalue weighted by Gasteiger charge is 2.17. The number of benzene rings is 1. The first kappa shape index (κ1) is 19.5. The van der Waals surface area contributed by atoms with E-state index < -0.39 is 0 Å². The average molecular weight is 383 g/mol.